The third kappa shape index (κ3) is 3.51. The van der Waals surface area contributed by atoms with Gasteiger partial charge < -0.3 is 9.88 Å². The molecule has 0 fully saturated rings. The van der Waals surface area contributed by atoms with Crippen LogP contribution < -0.4 is 5.32 Å². The number of nitrogens with zero attached hydrogens (tertiary/aromatic N) is 1. The van der Waals surface area contributed by atoms with Gasteiger partial charge in [-0.2, -0.15) is 0 Å². The van der Waals surface area contributed by atoms with Crippen molar-refractivity contribution < 1.29 is 4.79 Å². The number of nitrogens with one attached hydrogen (secondary N) is 1. The normalized spacial score (nSPS) is 10.2. The minimum Gasteiger partial charge on any atom is -0.345 e. The summed E-state index contributed by atoms with van der Waals surface area (Å²) < 4.78 is 1.78. The SMILES string of the molecule is O=C(Cn1cccc1)Nc1cc(Cl)cc(Cl)c1. The molecule has 2 rings (SSSR count). The van der Waals surface area contributed by atoms with Crippen LogP contribution in [0.5, 0.6) is 0 Å². The van der Waals surface area contributed by atoms with Crippen LogP contribution in [-0.4, -0.2) is 10.5 Å². The standard InChI is InChI=1S/C12H10Cl2N2O/c13-9-5-10(14)7-11(6-9)15-12(17)8-16-3-1-2-4-16/h1-7H,8H2,(H,15,17). The second-order valence-corrected chi connectivity index (χ2v) is 4.43. The van der Waals surface area contributed by atoms with Crippen LogP contribution in [0.2, 0.25) is 10.0 Å². The molecule has 1 heterocycles. The molecule has 0 aliphatic rings. The Bertz CT molecular complexity index is 503. The fraction of sp³-hybridized carbons (Fsp3) is 0.0833. The van der Waals surface area contributed by atoms with E-state index in [0.29, 0.717) is 15.7 Å². The van der Waals surface area contributed by atoms with E-state index in [1.807, 2.05) is 24.5 Å². The molecule has 0 atom stereocenters. The first kappa shape index (κ1) is 12.0. The molecule has 0 bridgehead atoms. The van der Waals surface area contributed by atoms with Crippen LogP contribution in [0.3, 0.4) is 0 Å². The van der Waals surface area contributed by atoms with Gasteiger partial charge in [0.15, 0.2) is 0 Å². The minimum atomic E-state index is -0.125. The number of rotatable bonds is 3. The summed E-state index contributed by atoms with van der Waals surface area (Å²) in [6.07, 6.45) is 3.65. The summed E-state index contributed by atoms with van der Waals surface area (Å²) in [5.41, 5.74) is 0.597. The summed E-state index contributed by atoms with van der Waals surface area (Å²) in [6.45, 7) is 0.261. The zero-order valence-corrected chi connectivity index (χ0v) is 10.4. The largest absolute Gasteiger partial charge is 0.345 e. The molecule has 2 aromatic rings. The van der Waals surface area contributed by atoms with Crippen LogP contribution >= 0.6 is 23.2 Å². The fourth-order valence-corrected chi connectivity index (χ4v) is 1.99. The third-order valence-corrected chi connectivity index (χ3v) is 2.58. The molecule has 0 saturated heterocycles. The molecular weight excluding hydrogens is 259 g/mol. The highest BCUT2D eigenvalue weighted by molar-refractivity contribution is 6.35. The van der Waals surface area contributed by atoms with Crippen LogP contribution in [0.4, 0.5) is 5.69 Å². The molecule has 17 heavy (non-hydrogen) atoms. The molecule has 1 aromatic heterocycles. The van der Waals surface area contributed by atoms with E-state index in [-0.39, 0.29) is 12.5 Å². The van der Waals surface area contributed by atoms with Crippen molar-refractivity contribution in [2.75, 3.05) is 5.32 Å². The molecule has 3 nitrogen and oxygen atoms in total. The minimum absolute atomic E-state index is 0.125. The second kappa shape index (κ2) is 5.25. The van der Waals surface area contributed by atoms with Crippen LogP contribution in [-0.2, 0) is 11.3 Å². The predicted octanol–water partition coefficient (Wildman–Crippen LogP) is 3.43. The monoisotopic (exact) mass is 268 g/mol. The fourth-order valence-electron chi connectivity index (χ4n) is 1.47. The highest BCUT2D eigenvalue weighted by atomic mass is 35.5. The molecule has 0 radical (unpaired) electrons. The number of aromatic nitrogens is 1. The lowest BCUT2D eigenvalue weighted by molar-refractivity contribution is -0.116. The van der Waals surface area contributed by atoms with E-state index in [4.69, 9.17) is 23.2 Å². The first-order valence-corrected chi connectivity index (χ1v) is 5.76. The van der Waals surface area contributed by atoms with Crippen molar-refractivity contribution >= 4 is 34.8 Å². The number of anilines is 1. The van der Waals surface area contributed by atoms with Gasteiger partial charge in [0.1, 0.15) is 6.54 Å². The number of amides is 1. The molecular formula is C12H10Cl2N2O. The third-order valence-electron chi connectivity index (χ3n) is 2.14. The Balaban J connectivity index is 2.03. The van der Waals surface area contributed by atoms with Crippen LogP contribution in [0, 0.1) is 0 Å². The lowest BCUT2D eigenvalue weighted by atomic mass is 10.3. The van der Waals surface area contributed by atoms with Gasteiger partial charge >= 0.3 is 0 Å². The molecule has 1 aromatic carbocycles. The summed E-state index contributed by atoms with van der Waals surface area (Å²) in [5.74, 6) is -0.125. The van der Waals surface area contributed by atoms with Crippen LogP contribution in [0.1, 0.15) is 0 Å². The van der Waals surface area contributed by atoms with Gasteiger partial charge in [0.25, 0.3) is 0 Å². The topological polar surface area (TPSA) is 34.0 Å². The molecule has 0 unspecified atom stereocenters. The Morgan fingerprint density at radius 2 is 1.71 bits per heavy atom. The van der Waals surface area contributed by atoms with E-state index in [2.05, 4.69) is 5.32 Å². The number of halogens is 2. The van der Waals surface area contributed by atoms with E-state index in [0.717, 1.165) is 0 Å². The van der Waals surface area contributed by atoms with Gasteiger partial charge in [-0.15, -0.1) is 0 Å². The molecule has 0 aliphatic carbocycles. The summed E-state index contributed by atoms with van der Waals surface area (Å²) in [7, 11) is 0. The average molecular weight is 269 g/mol. The van der Waals surface area contributed by atoms with Gasteiger partial charge in [0.2, 0.25) is 5.91 Å². The van der Waals surface area contributed by atoms with Crippen molar-refractivity contribution in [1.82, 2.24) is 4.57 Å². The van der Waals surface area contributed by atoms with E-state index in [9.17, 15) is 4.79 Å². The van der Waals surface area contributed by atoms with Gasteiger partial charge in [-0.25, -0.2) is 0 Å². The van der Waals surface area contributed by atoms with Crippen molar-refractivity contribution in [3.63, 3.8) is 0 Å². The highest BCUT2D eigenvalue weighted by Gasteiger charge is 2.04. The molecule has 1 N–H and O–H groups in total. The second-order valence-electron chi connectivity index (χ2n) is 3.56. The van der Waals surface area contributed by atoms with Crippen molar-refractivity contribution in [1.29, 1.82) is 0 Å². The predicted molar refractivity (Wildman–Crippen MR) is 69.5 cm³/mol. The van der Waals surface area contributed by atoms with E-state index >= 15 is 0 Å². The van der Waals surface area contributed by atoms with Gasteiger partial charge in [-0.05, 0) is 30.3 Å². The van der Waals surface area contributed by atoms with Gasteiger partial charge in [-0.1, -0.05) is 23.2 Å². The molecule has 0 aliphatic heterocycles. The average Bonchev–Trinajstić information content (AvgIpc) is 2.67. The maximum absolute atomic E-state index is 11.7. The van der Waals surface area contributed by atoms with Gasteiger partial charge in [-0.3, -0.25) is 4.79 Å². The summed E-state index contributed by atoms with van der Waals surface area (Å²) in [6, 6.07) is 8.65. The summed E-state index contributed by atoms with van der Waals surface area (Å²) in [4.78, 5) is 11.7. The number of carbonyl (C=O) groups is 1. The number of carbonyl (C=O) groups excluding carboxylic acids is 1. The van der Waals surface area contributed by atoms with Crippen molar-refractivity contribution in [2.24, 2.45) is 0 Å². The Hall–Kier alpha value is -1.45. The first-order valence-electron chi connectivity index (χ1n) is 5.00. The molecule has 1 amide bonds. The lowest BCUT2D eigenvalue weighted by Gasteiger charge is -2.07. The summed E-state index contributed by atoms with van der Waals surface area (Å²) in [5, 5.41) is 3.72. The Morgan fingerprint density at radius 3 is 2.29 bits per heavy atom. The number of hydrogen-bond acceptors (Lipinski definition) is 1. The number of benzene rings is 1. The Morgan fingerprint density at radius 1 is 1.12 bits per heavy atom. The lowest BCUT2D eigenvalue weighted by Crippen LogP contribution is -2.17. The van der Waals surface area contributed by atoms with Crippen molar-refractivity contribution in [2.45, 2.75) is 6.54 Å². The zero-order valence-electron chi connectivity index (χ0n) is 8.86. The van der Waals surface area contributed by atoms with Gasteiger partial charge in [0, 0.05) is 28.1 Å². The van der Waals surface area contributed by atoms with E-state index in [1.165, 1.54) is 0 Å². The summed E-state index contributed by atoms with van der Waals surface area (Å²) >= 11 is 11.7. The zero-order chi connectivity index (χ0) is 12.3. The van der Waals surface area contributed by atoms with Gasteiger partial charge in [0.05, 0.1) is 0 Å². The first-order chi connectivity index (χ1) is 8.13. The molecule has 0 spiro atoms. The maximum Gasteiger partial charge on any atom is 0.244 e. The van der Waals surface area contributed by atoms with Crippen LogP contribution in [0.25, 0.3) is 0 Å². The van der Waals surface area contributed by atoms with E-state index < -0.39 is 0 Å². The highest BCUT2D eigenvalue weighted by Crippen LogP contribution is 2.22. The van der Waals surface area contributed by atoms with E-state index in [1.54, 1.807) is 22.8 Å². The number of hydrogen-bond donors (Lipinski definition) is 1. The molecule has 88 valence electrons. The molecule has 5 heteroatoms. The Kier molecular flexibility index (Phi) is 3.71. The van der Waals surface area contributed by atoms with Crippen molar-refractivity contribution in [3.05, 3.63) is 52.8 Å². The quantitative estimate of drug-likeness (QED) is 0.909. The molecule has 0 saturated carbocycles. The smallest absolute Gasteiger partial charge is 0.244 e. The van der Waals surface area contributed by atoms with Crippen LogP contribution in [0.15, 0.2) is 42.7 Å². The maximum atomic E-state index is 11.7. The Labute approximate surface area is 109 Å². The van der Waals surface area contributed by atoms with Crippen molar-refractivity contribution in [3.8, 4) is 0 Å².